The molecule has 5 heteroatoms. The van der Waals surface area contributed by atoms with E-state index in [1.165, 1.54) is 38.5 Å². The molecule has 4 nitrogen and oxygen atoms in total. The van der Waals surface area contributed by atoms with Crippen LogP contribution in [0, 0.1) is 10.8 Å². The Kier molecular flexibility index (Phi) is 10.2. The monoisotopic (exact) mass is 376 g/mol. The van der Waals surface area contributed by atoms with E-state index in [0.717, 1.165) is 25.7 Å². The number of aliphatic carboxylic acids is 2. The van der Waals surface area contributed by atoms with Crippen LogP contribution in [0.1, 0.15) is 90.9 Å². The van der Waals surface area contributed by atoms with Crippen LogP contribution in [0.4, 0.5) is 0 Å². The van der Waals surface area contributed by atoms with E-state index in [0.29, 0.717) is 12.8 Å². The molecule has 0 atom stereocenters. The zero-order valence-corrected chi connectivity index (χ0v) is 17.9. The van der Waals surface area contributed by atoms with Gasteiger partial charge < -0.3 is 10.2 Å². The van der Waals surface area contributed by atoms with Gasteiger partial charge >= 0.3 is 11.9 Å². The van der Waals surface area contributed by atoms with Crippen molar-refractivity contribution in [2.45, 2.75) is 90.9 Å². The second kappa shape index (κ2) is 10.4. The van der Waals surface area contributed by atoms with Crippen LogP contribution in [0.3, 0.4) is 0 Å². The van der Waals surface area contributed by atoms with Crippen LogP contribution in [0.2, 0.25) is 0 Å². The maximum Gasteiger partial charge on any atom is 0.303 e. The van der Waals surface area contributed by atoms with Crippen molar-refractivity contribution < 1.29 is 39.3 Å². The number of hydrogen-bond donors (Lipinski definition) is 2. The molecule has 2 saturated carbocycles. The van der Waals surface area contributed by atoms with Gasteiger partial charge in [-0.2, -0.15) is 0 Å². The van der Waals surface area contributed by atoms with Crippen molar-refractivity contribution in [3.8, 4) is 0 Å². The van der Waals surface area contributed by atoms with Crippen molar-refractivity contribution in [1.29, 1.82) is 0 Å². The molecule has 0 aromatic heterocycles. The van der Waals surface area contributed by atoms with E-state index < -0.39 is 11.9 Å². The fourth-order valence-electron chi connectivity index (χ4n) is 3.89. The van der Waals surface area contributed by atoms with Crippen LogP contribution >= 0.6 is 0 Å². The van der Waals surface area contributed by atoms with Crippen LogP contribution in [0.25, 0.3) is 0 Å². The third-order valence-electron chi connectivity index (χ3n) is 5.28. The molecule has 2 aliphatic carbocycles. The minimum Gasteiger partial charge on any atom is -0.481 e. The average molecular weight is 378 g/mol. The quantitative estimate of drug-likeness (QED) is 0.686. The molecule has 2 N–H and O–H groups in total. The first-order chi connectivity index (χ1) is 10.2. The van der Waals surface area contributed by atoms with E-state index in [1.54, 1.807) is 0 Å². The molecule has 130 valence electrons. The molecular weight excluding hydrogens is 346 g/mol. The third kappa shape index (κ3) is 9.44. The Morgan fingerprint density at radius 3 is 1.17 bits per heavy atom. The van der Waals surface area contributed by atoms with Gasteiger partial charge in [0.05, 0.1) is 12.8 Å². The molecule has 0 bridgehead atoms. The van der Waals surface area contributed by atoms with Crippen molar-refractivity contribution in [2.75, 3.05) is 0 Å². The van der Waals surface area contributed by atoms with Crippen molar-refractivity contribution >= 4 is 11.9 Å². The second-order valence-corrected chi connectivity index (χ2v) is 7.88. The Hall–Kier alpha value is -0.437. The van der Waals surface area contributed by atoms with Gasteiger partial charge in [0, 0.05) is 19.5 Å². The maximum absolute atomic E-state index is 10.5. The number of rotatable bonds is 4. The molecular formula is C18H32O4Zn. The average Bonchev–Trinajstić information content (AvgIpc) is 2.38. The van der Waals surface area contributed by atoms with Gasteiger partial charge in [-0.15, -0.1) is 0 Å². The zero-order valence-electron chi connectivity index (χ0n) is 14.9. The first-order valence-electron chi connectivity index (χ1n) is 8.68. The molecule has 0 saturated heterocycles. The van der Waals surface area contributed by atoms with E-state index in [9.17, 15) is 9.59 Å². The van der Waals surface area contributed by atoms with Crippen LogP contribution < -0.4 is 0 Å². The van der Waals surface area contributed by atoms with E-state index in [1.807, 2.05) is 0 Å². The molecule has 2 rings (SSSR count). The molecule has 0 amide bonds. The molecule has 0 radical (unpaired) electrons. The molecule has 0 heterocycles. The summed E-state index contributed by atoms with van der Waals surface area (Å²) in [5.74, 6) is -1.29. The third-order valence-corrected chi connectivity index (χ3v) is 5.28. The minimum atomic E-state index is -0.644. The maximum atomic E-state index is 10.5. The van der Waals surface area contributed by atoms with Gasteiger partial charge in [-0.05, 0) is 36.5 Å². The van der Waals surface area contributed by atoms with Crippen LogP contribution in [-0.4, -0.2) is 22.2 Å². The van der Waals surface area contributed by atoms with Crippen molar-refractivity contribution in [3.63, 3.8) is 0 Å². The van der Waals surface area contributed by atoms with Gasteiger partial charge in [-0.3, -0.25) is 9.59 Å². The van der Waals surface area contributed by atoms with E-state index in [-0.39, 0.29) is 30.3 Å². The van der Waals surface area contributed by atoms with Gasteiger partial charge in [0.2, 0.25) is 0 Å². The zero-order chi connectivity index (χ0) is 16.6. The molecule has 0 unspecified atom stereocenters. The Morgan fingerprint density at radius 2 is 0.957 bits per heavy atom. The summed E-state index contributed by atoms with van der Waals surface area (Å²) < 4.78 is 0. The Labute approximate surface area is 153 Å². The van der Waals surface area contributed by atoms with Crippen molar-refractivity contribution in [1.82, 2.24) is 0 Å². The summed E-state index contributed by atoms with van der Waals surface area (Å²) in [6, 6.07) is 0. The molecule has 0 aliphatic heterocycles. The predicted molar refractivity (Wildman–Crippen MR) is 86.9 cm³/mol. The summed E-state index contributed by atoms with van der Waals surface area (Å²) in [6.45, 7) is 4.20. The largest absolute Gasteiger partial charge is 0.481 e. The van der Waals surface area contributed by atoms with Gasteiger partial charge in [-0.1, -0.05) is 52.4 Å². The molecule has 0 aromatic carbocycles. The van der Waals surface area contributed by atoms with Crippen molar-refractivity contribution in [2.24, 2.45) is 10.8 Å². The first kappa shape index (κ1) is 22.6. The summed E-state index contributed by atoms with van der Waals surface area (Å²) in [4.78, 5) is 20.9. The summed E-state index contributed by atoms with van der Waals surface area (Å²) in [5, 5.41) is 17.3. The molecule has 23 heavy (non-hydrogen) atoms. The molecule has 2 fully saturated rings. The number of carboxylic acids is 2. The van der Waals surface area contributed by atoms with Gasteiger partial charge in [0.1, 0.15) is 0 Å². The standard InChI is InChI=1S/2C9H16O2.Zn/c2*1-9(7-8(10)11)5-3-2-4-6-9;/h2*2-7H2,1H3,(H,10,11);. The molecule has 0 spiro atoms. The number of hydrogen-bond acceptors (Lipinski definition) is 2. The fourth-order valence-corrected chi connectivity index (χ4v) is 3.89. The predicted octanol–water partition coefficient (Wildman–Crippen LogP) is 4.86. The summed E-state index contributed by atoms with van der Waals surface area (Å²) in [7, 11) is 0. The Balaban J connectivity index is 0.000000403. The summed E-state index contributed by atoms with van der Waals surface area (Å²) >= 11 is 0. The summed E-state index contributed by atoms with van der Waals surface area (Å²) in [5.41, 5.74) is 0.203. The molecule has 0 aromatic rings. The first-order valence-corrected chi connectivity index (χ1v) is 8.68. The van der Waals surface area contributed by atoms with Gasteiger partial charge in [0.15, 0.2) is 0 Å². The minimum absolute atomic E-state index is 0. The normalized spacial score (nSPS) is 22.0. The Morgan fingerprint density at radius 1 is 0.696 bits per heavy atom. The van der Waals surface area contributed by atoms with E-state index in [4.69, 9.17) is 10.2 Å². The topological polar surface area (TPSA) is 74.6 Å². The van der Waals surface area contributed by atoms with E-state index in [2.05, 4.69) is 13.8 Å². The van der Waals surface area contributed by atoms with Crippen LogP contribution in [0.5, 0.6) is 0 Å². The van der Waals surface area contributed by atoms with Gasteiger partial charge in [-0.25, -0.2) is 0 Å². The number of carbonyl (C=O) groups is 2. The van der Waals surface area contributed by atoms with Gasteiger partial charge in [0.25, 0.3) is 0 Å². The second-order valence-electron chi connectivity index (χ2n) is 7.88. The SMILES string of the molecule is CC1(CC(=O)O)CCCCC1.CC1(CC(=O)O)CCCCC1.[Zn]. The van der Waals surface area contributed by atoms with E-state index >= 15 is 0 Å². The van der Waals surface area contributed by atoms with Crippen LogP contribution in [0.15, 0.2) is 0 Å². The summed E-state index contributed by atoms with van der Waals surface area (Å²) in [6.07, 6.45) is 12.5. The fraction of sp³-hybridized carbons (Fsp3) is 0.889. The molecule has 2 aliphatic rings. The number of carboxylic acid groups (broad SMARTS) is 2. The Bertz CT molecular complexity index is 333. The van der Waals surface area contributed by atoms with Crippen LogP contribution in [-0.2, 0) is 29.1 Å². The smallest absolute Gasteiger partial charge is 0.303 e. The van der Waals surface area contributed by atoms with Crippen molar-refractivity contribution in [3.05, 3.63) is 0 Å².